The third-order valence-corrected chi connectivity index (χ3v) is 5.89. The van der Waals surface area contributed by atoms with Crippen molar-refractivity contribution in [2.45, 2.75) is 13.8 Å². The van der Waals surface area contributed by atoms with Crippen LogP contribution in [0.2, 0.25) is 0 Å². The molecule has 1 fully saturated rings. The van der Waals surface area contributed by atoms with E-state index in [1.165, 1.54) is 11.8 Å². The van der Waals surface area contributed by atoms with Crippen molar-refractivity contribution in [1.29, 1.82) is 0 Å². The number of aromatic hydroxyl groups is 1. The molecule has 1 heterocycles. The molecule has 30 heavy (non-hydrogen) atoms. The summed E-state index contributed by atoms with van der Waals surface area (Å²) in [6, 6.07) is 12.8. The molecule has 158 valence electrons. The van der Waals surface area contributed by atoms with Gasteiger partial charge in [0.25, 0.3) is 5.91 Å². The number of aliphatic imine (C=N–C) groups is 1. The summed E-state index contributed by atoms with van der Waals surface area (Å²) in [5, 5.41) is 10.6. The Morgan fingerprint density at radius 1 is 1.20 bits per heavy atom. The van der Waals surface area contributed by atoms with E-state index in [1.54, 1.807) is 23.1 Å². The number of benzene rings is 2. The van der Waals surface area contributed by atoms with Gasteiger partial charge in [-0.05, 0) is 61.5 Å². The summed E-state index contributed by atoms with van der Waals surface area (Å²) in [6.45, 7) is 5.63. The van der Waals surface area contributed by atoms with Gasteiger partial charge < -0.3 is 14.6 Å². The number of thioether (sulfide) groups is 1. The van der Waals surface area contributed by atoms with E-state index in [-0.39, 0.29) is 11.7 Å². The van der Waals surface area contributed by atoms with Crippen molar-refractivity contribution < 1.29 is 19.4 Å². The zero-order valence-corrected chi connectivity index (χ0v) is 19.2. The van der Waals surface area contributed by atoms with Gasteiger partial charge in [-0.25, -0.2) is 4.99 Å². The number of hydrogen-bond donors (Lipinski definition) is 1. The van der Waals surface area contributed by atoms with Crippen molar-refractivity contribution in [2.24, 2.45) is 4.99 Å². The first-order chi connectivity index (χ1) is 14.5. The summed E-state index contributed by atoms with van der Waals surface area (Å²) in [5.41, 5.74) is 1.51. The molecule has 2 aromatic carbocycles. The first-order valence-electron chi connectivity index (χ1n) is 9.61. The number of halogens is 1. The quantitative estimate of drug-likeness (QED) is 0.406. The second-order valence-electron chi connectivity index (χ2n) is 6.27. The molecule has 1 saturated heterocycles. The fourth-order valence-corrected chi connectivity index (χ4v) is 4.24. The molecule has 0 atom stereocenters. The normalized spacial score (nSPS) is 16.6. The van der Waals surface area contributed by atoms with Crippen molar-refractivity contribution in [2.75, 3.05) is 26.4 Å². The molecule has 1 aliphatic heterocycles. The summed E-state index contributed by atoms with van der Waals surface area (Å²) in [6.07, 6.45) is 1.78. The minimum atomic E-state index is -0.132. The van der Waals surface area contributed by atoms with Crippen LogP contribution < -0.4 is 4.74 Å². The predicted molar refractivity (Wildman–Crippen MR) is 124 cm³/mol. The van der Waals surface area contributed by atoms with Crippen molar-refractivity contribution in [3.63, 3.8) is 0 Å². The Morgan fingerprint density at radius 3 is 2.67 bits per heavy atom. The van der Waals surface area contributed by atoms with Crippen LogP contribution in [0.5, 0.6) is 11.5 Å². The van der Waals surface area contributed by atoms with E-state index in [9.17, 15) is 9.90 Å². The van der Waals surface area contributed by atoms with Crippen LogP contribution >= 0.6 is 27.7 Å². The molecule has 1 amide bonds. The van der Waals surface area contributed by atoms with Gasteiger partial charge in [0.15, 0.2) is 16.7 Å². The van der Waals surface area contributed by atoms with Crippen molar-refractivity contribution in [1.82, 2.24) is 4.90 Å². The van der Waals surface area contributed by atoms with E-state index in [4.69, 9.17) is 9.47 Å². The molecule has 1 N–H and O–H groups in total. The van der Waals surface area contributed by atoms with Gasteiger partial charge in [-0.2, -0.15) is 0 Å². The minimum Gasteiger partial charge on any atom is -0.504 e. The molecule has 2 aromatic rings. The van der Waals surface area contributed by atoms with Gasteiger partial charge >= 0.3 is 0 Å². The van der Waals surface area contributed by atoms with Crippen LogP contribution in [0, 0.1) is 0 Å². The molecule has 0 saturated carbocycles. The fraction of sp³-hybridized carbons (Fsp3) is 0.273. The van der Waals surface area contributed by atoms with Crippen LogP contribution in [0.3, 0.4) is 0 Å². The molecule has 0 bridgehead atoms. The van der Waals surface area contributed by atoms with Gasteiger partial charge in [-0.1, -0.05) is 34.1 Å². The van der Waals surface area contributed by atoms with E-state index in [2.05, 4.69) is 20.9 Å². The average molecular weight is 491 g/mol. The summed E-state index contributed by atoms with van der Waals surface area (Å²) in [4.78, 5) is 19.9. The number of ether oxygens (including phenoxy) is 2. The number of amidine groups is 1. The van der Waals surface area contributed by atoms with Crippen molar-refractivity contribution >= 4 is 50.5 Å². The number of phenolic OH excluding ortho intramolecular Hbond substituents is 1. The van der Waals surface area contributed by atoms with Gasteiger partial charge in [0.05, 0.1) is 30.4 Å². The van der Waals surface area contributed by atoms with Gasteiger partial charge in [0, 0.05) is 11.1 Å². The Bertz CT molecular complexity index is 963. The lowest BCUT2D eigenvalue weighted by Gasteiger charge is -2.15. The number of hydrogen-bond acceptors (Lipinski definition) is 6. The molecule has 6 nitrogen and oxygen atoms in total. The van der Waals surface area contributed by atoms with Crippen LogP contribution in [0.25, 0.3) is 6.08 Å². The van der Waals surface area contributed by atoms with Crippen LogP contribution in [-0.4, -0.2) is 47.4 Å². The lowest BCUT2D eigenvalue weighted by molar-refractivity contribution is -0.122. The van der Waals surface area contributed by atoms with Gasteiger partial charge in [-0.3, -0.25) is 9.69 Å². The average Bonchev–Trinajstić information content (AvgIpc) is 3.01. The number of amides is 1. The van der Waals surface area contributed by atoms with Crippen molar-refractivity contribution in [3.05, 3.63) is 57.4 Å². The highest BCUT2D eigenvalue weighted by atomic mass is 79.9. The van der Waals surface area contributed by atoms with E-state index in [1.807, 2.05) is 44.2 Å². The molecular formula is C22H23BrN2O4S. The molecule has 8 heteroatoms. The van der Waals surface area contributed by atoms with Crippen LogP contribution in [-0.2, 0) is 9.53 Å². The van der Waals surface area contributed by atoms with Crippen molar-refractivity contribution in [3.8, 4) is 11.5 Å². The number of para-hydroxylation sites is 1. The zero-order valence-electron chi connectivity index (χ0n) is 16.8. The summed E-state index contributed by atoms with van der Waals surface area (Å²) in [7, 11) is 0. The second kappa shape index (κ2) is 10.7. The SMILES string of the molecule is CCOCCN1C(=O)/C(=C/c2cc(OCC)c(O)cc2Br)SC1=Nc1ccccc1. The van der Waals surface area contributed by atoms with Crippen LogP contribution in [0.15, 0.2) is 56.8 Å². The maximum Gasteiger partial charge on any atom is 0.266 e. The van der Waals surface area contributed by atoms with E-state index in [0.29, 0.717) is 46.7 Å². The van der Waals surface area contributed by atoms with Crippen LogP contribution in [0.4, 0.5) is 5.69 Å². The number of carbonyl (C=O) groups excluding carboxylic acids is 1. The Balaban J connectivity index is 1.95. The predicted octanol–water partition coefficient (Wildman–Crippen LogP) is 5.19. The van der Waals surface area contributed by atoms with E-state index >= 15 is 0 Å². The zero-order chi connectivity index (χ0) is 21.5. The standard InChI is InChI=1S/C22H23BrN2O4S/c1-3-28-11-10-25-21(27)20(30-22(25)24-16-8-6-5-7-9-16)13-15-12-19(29-4-2)18(26)14-17(15)23/h5-9,12-14,26H,3-4,10-11H2,1-2H3/b20-13-,24-22?. The smallest absolute Gasteiger partial charge is 0.266 e. The van der Waals surface area contributed by atoms with Gasteiger partial charge in [0.2, 0.25) is 0 Å². The van der Waals surface area contributed by atoms with E-state index in [0.717, 1.165) is 11.3 Å². The number of phenols is 1. The number of rotatable bonds is 8. The molecule has 0 unspecified atom stereocenters. The Labute approximate surface area is 188 Å². The summed E-state index contributed by atoms with van der Waals surface area (Å²) < 4.78 is 11.6. The molecule has 0 aliphatic carbocycles. The molecule has 3 rings (SSSR count). The molecule has 0 radical (unpaired) electrons. The van der Waals surface area contributed by atoms with Gasteiger partial charge in [-0.15, -0.1) is 0 Å². The largest absolute Gasteiger partial charge is 0.504 e. The highest BCUT2D eigenvalue weighted by molar-refractivity contribution is 9.10. The molecule has 0 aromatic heterocycles. The summed E-state index contributed by atoms with van der Waals surface area (Å²) >= 11 is 4.76. The monoisotopic (exact) mass is 490 g/mol. The third kappa shape index (κ3) is 5.44. The Hall–Kier alpha value is -2.29. The van der Waals surface area contributed by atoms with Gasteiger partial charge in [0.1, 0.15) is 0 Å². The number of nitrogens with zero attached hydrogens (tertiary/aromatic N) is 2. The lowest BCUT2D eigenvalue weighted by Crippen LogP contribution is -2.32. The topological polar surface area (TPSA) is 71.4 Å². The third-order valence-electron chi connectivity index (χ3n) is 4.20. The highest BCUT2D eigenvalue weighted by Gasteiger charge is 2.33. The molecule has 0 spiro atoms. The van der Waals surface area contributed by atoms with Crippen LogP contribution in [0.1, 0.15) is 19.4 Å². The Morgan fingerprint density at radius 2 is 1.97 bits per heavy atom. The number of carbonyl (C=O) groups is 1. The lowest BCUT2D eigenvalue weighted by atomic mass is 10.2. The molecule has 1 aliphatic rings. The second-order valence-corrected chi connectivity index (χ2v) is 8.13. The highest BCUT2D eigenvalue weighted by Crippen LogP contribution is 2.38. The first-order valence-corrected chi connectivity index (χ1v) is 11.2. The first kappa shape index (κ1) is 22.4. The minimum absolute atomic E-state index is 0.0425. The fourth-order valence-electron chi connectivity index (χ4n) is 2.78. The maximum absolute atomic E-state index is 13.1. The summed E-state index contributed by atoms with van der Waals surface area (Å²) in [5.74, 6) is 0.280. The maximum atomic E-state index is 13.1. The Kier molecular flexibility index (Phi) is 7.95. The van der Waals surface area contributed by atoms with E-state index < -0.39 is 0 Å². The molecular weight excluding hydrogens is 468 g/mol.